The SMILES string of the molecule is COc1ccc(CC(=O)NCc2ccc(OC[C@@H]3CCCO3)c(OC)c2)cc1. The van der Waals surface area contributed by atoms with Crippen LogP contribution in [0.3, 0.4) is 0 Å². The van der Waals surface area contributed by atoms with E-state index < -0.39 is 0 Å². The molecule has 0 aromatic heterocycles. The Balaban J connectivity index is 1.50. The summed E-state index contributed by atoms with van der Waals surface area (Å²) in [5.41, 5.74) is 1.89. The van der Waals surface area contributed by atoms with Crippen LogP contribution in [0.15, 0.2) is 42.5 Å². The predicted octanol–water partition coefficient (Wildman–Crippen LogP) is 3.12. The van der Waals surface area contributed by atoms with E-state index in [-0.39, 0.29) is 12.0 Å². The van der Waals surface area contributed by atoms with Crippen LogP contribution >= 0.6 is 0 Å². The molecule has 1 atom stereocenters. The molecule has 28 heavy (non-hydrogen) atoms. The van der Waals surface area contributed by atoms with Gasteiger partial charge in [-0.2, -0.15) is 0 Å². The molecule has 1 N–H and O–H groups in total. The highest BCUT2D eigenvalue weighted by Gasteiger charge is 2.17. The Kier molecular flexibility index (Phi) is 7.14. The lowest BCUT2D eigenvalue weighted by Gasteiger charge is -2.15. The van der Waals surface area contributed by atoms with Gasteiger partial charge in [-0.15, -0.1) is 0 Å². The fourth-order valence-electron chi connectivity index (χ4n) is 3.09. The third-order valence-corrected chi connectivity index (χ3v) is 4.69. The van der Waals surface area contributed by atoms with Crippen molar-refractivity contribution in [3.8, 4) is 17.2 Å². The fourth-order valence-corrected chi connectivity index (χ4v) is 3.09. The van der Waals surface area contributed by atoms with Crippen LogP contribution in [0, 0.1) is 0 Å². The average molecular weight is 385 g/mol. The van der Waals surface area contributed by atoms with Crippen LogP contribution < -0.4 is 19.5 Å². The maximum Gasteiger partial charge on any atom is 0.224 e. The predicted molar refractivity (Wildman–Crippen MR) is 106 cm³/mol. The lowest BCUT2D eigenvalue weighted by Crippen LogP contribution is -2.24. The molecule has 1 heterocycles. The molecule has 6 nitrogen and oxygen atoms in total. The number of benzene rings is 2. The first kappa shape index (κ1) is 20.0. The van der Waals surface area contributed by atoms with E-state index in [9.17, 15) is 4.79 Å². The van der Waals surface area contributed by atoms with Crippen LogP contribution in [-0.4, -0.2) is 39.4 Å². The van der Waals surface area contributed by atoms with E-state index in [0.29, 0.717) is 31.1 Å². The van der Waals surface area contributed by atoms with Crippen molar-refractivity contribution in [2.75, 3.05) is 27.4 Å². The molecule has 0 saturated carbocycles. The second kappa shape index (κ2) is 9.99. The van der Waals surface area contributed by atoms with Gasteiger partial charge in [0.05, 0.1) is 26.7 Å². The van der Waals surface area contributed by atoms with Crippen molar-refractivity contribution in [3.63, 3.8) is 0 Å². The molecule has 150 valence electrons. The van der Waals surface area contributed by atoms with Crippen LogP contribution in [0.4, 0.5) is 0 Å². The van der Waals surface area contributed by atoms with Gasteiger partial charge in [0.25, 0.3) is 0 Å². The van der Waals surface area contributed by atoms with Gasteiger partial charge in [-0.1, -0.05) is 18.2 Å². The van der Waals surface area contributed by atoms with E-state index in [4.69, 9.17) is 18.9 Å². The number of ether oxygens (including phenoxy) is 4. The normalized spacial score (nSPS) is 15.9. The molecule has 6 heteroatoms. The Morgan fingerprint density at radius 2 is 1.86 bits per heavy atom. The van der Waals surface area contributed by atoms with Crippen molar-refractivity contribution in [3.05, 3.63) is 53.6 Å². The fraction of sp³-hybridized carbons (Fsp3) is 0.409. The van der Waals surface area contributed by atoms with Gasteiger partial charge in [-0.3, -0.25) is 4.79 Å². The van der Waals surface area contributed by atoms with Crippen LogP contribution in [-0.2, 0) is 22.5 Å². The molecule has 2 aromatic carbocycles. The van der Waals surface area contributed by atoms with E-state index in [0.717, 1.165) is 36.3 Å². The lowest BCUT2D eigenvalue weighted by molar-refractivity contribution is -0.120. The van der Waals surface area contributed by atoms with Gasteiger partial charge in [-0.25, -0.2) is 0 Å². The number of hydrogen-bond donors (Lipinski definition) is 1. The van der Waals surface area contributed by atoms with Gasteiger partial charge in [0.1, 0.15) is 12.4 Å². The van der Waals surface area contributed by atoms with Gasteiger partial charge in [0.15, 0.2) is 11.5 Å². The molecular weight excluding hydrogens is 358 g/mol. The Labute approximate surface area is 165 Å². The molecule has 1 saturated heterocycles. The summed E-state index contributed by atoms with van der Waals surface area (Å²) in [4.78, 5) is 12.2. The third-order valence-electron chi connectivity index (χ3n) is 4.69. The largest absolute Gasteiger partial charge is 0.497 e. The third kappa shape index (κ3) is 5.63. The number of amides is 1. The smallest absolute Gasteiger partial charge is 0.224 e. The first-order chi connectivity index (χ1) is 13.7. The summed E-state index contributed by atoms with van der Waals surface area (Å²) in [6.07, 6.45) is 2.59. The summed E-state index contributed by atoms with van der Waals surface area (Å²) in [5.74, 6) is 2.08. The molecule has 2 aromatic rings. The summed E-state index contributed by atoms with van der Waals surface area (Å²) in [6, 6.07) is 13.2. The van der Waals surface area contributed by atoms with Crippen LogP contribution in [0.2, 0.25) is 0 Å². The summed E-state index contributed by atoms with van der Waals surface area (Å²) < 4.78 is 22.0. The van der Waals surface area contributed by atoms with Gasteiger partial charge >= 0.3 is 0 Å². The first-order valence-electron chi connectivity index (χ1n) is 9.49. The summed E-state index contributed by atoms with van der Waals surface area (Å²) in [6.45, 7) is 1.76. The zero-order chi connectivity index (χ0) is 19.8. The lowest BCUT2D eigenvalue weighted by atomic mass is 10.1. The van der Waals surface area contributed by atoms with Crippen molar-refractivity contribution in [2.24, 2.45) is 0 Å². The zero-order valence-electron chi connectivity index (χ0n) is 16.4. The molecule has 1 fully saturated rings. The Bertz CT molecular complexity index is 769. The van der Waals surface area contributed by atoms with E-state index in [1.54, 1.807) is 14.2 Å². The van der Waals surface area contributed by atoms with Crippen molar-refractivity contribution in [1.82, 2.24) is 5.32 Å². The molecule has 0 bridgehead atoms. The van der Waals surface area contributed by atoms with Crippen LogP contribution in [0.25, 0.3) is 0 Å². The van der Waals surface area contributed by atoms with Crippen molar-refractivity contribution < 1.29 is 23.7 Å². The molecule has 1 aliphatic rings. The molecule has 0 radical (unpaired) electrons. The maximum atomic E-state index is 12.2. The second-order valence-corrected chi connectivity index (χ2v) is 6.73. The zero-order valence-corrected chi connectivity index (χ0v) is 16.4. The number of carbonyl (C=O) groups excluding carboxylic acids is 1. The highest BCUT2D eigenvalue weighted by atomic mass is 16.5. The Hall–Kier alpha value is -2.73. The molecule has 0 unspecified atom stereocenters. The minimum absolute atomic E-state index is 0.0390. The highest BCUT2D eigenvalue weighted by Crippen LogP contribution is 2.29. The van der Waals surface area contributed by atoms with Gasteiger partial charge in [0, 0.05) is 13.2 Å². The average Bonchev–Trinajstić information content (AvgIpc) is 3.25. The molecular formula is C22H27NO5. The van der Waals surface area contributed by atoms with Gasteiger partial charge in [0.2, 0.25) is 5.91 Å². The highest BCUT2D eigenvalue weighted by molar-refractivity contribution is 5.78. The first-order valence-corrected chi connectivity index (χ1v) is 9.49. The molecule has 1 amide bonds. The van der Waals surface area contributed by atoms with Crippen LogP contribution in [0.5, 0.6) is 17.2 Å². The molecule has 3 rings (SSSR count). The van der Waals surface area contributed by atoms with Crippen molar-refractivity contribution >= 4 is 5.91 Å². The Morgan fingerprint density at radius 3 is 2.54 bits per heavy atom. The van der Waals surface area contributed by atoms with Crippen LogP contribution in [0.1, 0.15) is 24.0 Å². The number of nitrogens with one attached hydrogen (secondary N) is 1. The Morgan fingerprint density at radius 1 is 1.07 bits per heavy atom. The topological polar surface area (TPSA) is 66.0 Å². The number of carbonyl (C=O) groups is 1. The second-order valence-electron chi connectivity index (χ2n) is 6.73. The van der Waals surface area contributed by atoms with E-state index >= 15 is 0 Å². The van der Waals surface area contributed by atoms with Gasteiger partial charge in [-0.05, 0) is 48.2 Å². The van der Waals surface area contributed by atoms with Gasteiger partial charge < -0.3 is 24.3 Å². The molecule has 0 aliphatic carbocycles. The minimum atomic E-state index is -0.0390. The van der Waals surface area contributed by atoms with Crippen molar-refractivity contribution in [2.45, 2.75) is 31.9 Å². The van der Waals surface area contributed by atoms with Crippen molar-refractivity contribution in [1.29, 1.82) is 0 Å². The quantitative estimate of drug-likeness (QED) is 0.718. The van der Waals surface area contributed by atoms with E-state index in [1.807, 2.05) is 42.5 Å². The summed E-state index contributed by atoms with van der Waals surface area (Å²) in [7, 11) is 3.23. The maximum absolute atomic E-state index is 12.2. The minimum Gasteiger partial charge on any atom is -0.497 e. The van der Waals surface area contributed by atoms with E-state index in [2.05, 4.69) is 5.32 Å². The summed E-state index contributed by atoms with van der Waals surface area (Å²) >= 11 is 0. The number of rotatable bonds is 9. The monoisotopic (exact) mass is 385 g/mol. The number of methoxy groups -OCH3 is 2. The standard InChI is InChI=1S/C22H27NO5/c1-25-18-8-5-16(6-9-18)13-22(24)23-14-17-7-10-20(21(12-17)26-2)28-15-19-4-3-11-27-19/h5-10,12,19H,3-4,11,13-15H2,1-2H3,(H,23,24)/t19-/m0/s1. The summed E-state index contributed by atoms with van der Waals surface area (Å²) in [5, 5.41) is 2.94. The van der Waals surface area contributed by atoms with E-state index in [1.165, 1.54) is 0 Å². The molecule has 1 aliphatic heterocycles. The number of hydrogen-bond acceptors (Lipinski definition) is 5. The molecule has 0 spiro atoms.